The van der Waals surface area contributed by atoms with Crippen molar-refractivity contribution in [2.75, 3.05) is 6.26 Å². The monoisotopic (exact) mass is 443 g/mol. The fourth-order valence-corrected chi connectivity index (χ4v) is 3.22. The van der Waals surface area contributed by atoms with Gasteiger partial charge >= 0.3 is 0 Å². The highest BCUT2D eigenvalue weighted by atomic mass is 32.2. The highest BCUT2D eigenvalue weighted by Gasteiger charge is 2.44. The Morgan fingerprint density at radius 3 is 1.94 bits per heavy atom. The van der Waals surface area contributed by atoms with E-state index >= 15 is 0 Å². The van der Waals surface area contributed by atoms with Gasteiger partial charge in [-0.05, 0) is 55.8 Å². The maximum absolute atomic E-state index is 12.6. The molecule has 2 aromatic rings. The second-order valence-electron chi connectivity index (χ2n) is 7.49. The van der Waals surface area contributed by atoms with Gasteiger partial charge in [0.25, 0.3) is 11.8 Å². The molecule has 9 heteroatoms. The summed E-state index contributed by atoms with van der Waals surface area (Å²) in [6, 6.07) is 12.3. The van der Waals surface area contributed by atoms with E-state index in [1.165, 1.54) is 31.5 Å². The van der Waals surface area contributed by atoms with Crippen LogP contribution in [-0.2, 0) is 21.2 Å². The van der Waals surface area contributed by atoms with Crippen LogP contribution < -0.4 is 16.5 Å². The zero-order valence-corrected chi connectivity index (χ0v) is 18.3. The van der Waals surface area contributed by atoms with E-state index in [4.69, 9.17) is 10.9 Å². The molecule has 0 fully saturated rings. The summed E-state index contributed by atoms with van der Waals surface area (Å²) in [5, 5.41) is 11.4. The van der Waals surface area contributed by atoms with E-state index in [1.807, 2.05) is 24.3 Å². The molecule has 0 saturated carbocycles. The number of hydroxylamine groups is 1. The van der Waals surface area contributed by atoms with Crippen LogP contribution in [0.2, 0.25) is 0 Å². The molecule has 0 aromatic heterocycles. The van der Waals surface area contributed by atoms with Crippen LogP contribution in [0.5, 0.6) is 0 Å². The molecule has 0 bridgehead atoms. The van der Waals surface area contributed by atoms with Crippen molar-refractivity contribution in [3.05, 3.63) is 70.8 Å². The molecule has 1 atom stereocenters. The molecule has 5 N–H and O–H groups in total. The molecule has 31 heavy (non-hydrogen) atoms. The second kappa shape index (κ2) is 9.75. The summed E-state index contributed by atoms with van der Waals surface area (Å²) >= 11 is 0. The third-order valence-electron chi connectivity index (χ3n) is 4.99. The third kappa shape index (κ3) is 5.92. The van der Waals surface area contributed by atoms with Gasteiger partial charge in [-0.1, -0.05) is 24.0 Å². The number of sulfone groups is 1. The maximum Gasteiger partial charge on any atom is 0.267 e. The van der Waals surface area contributed by atoms with E-state index in [0.29, 0.717) is 12.1 Å². The van der Waals surface area contributed by atoms with Gasteiger partial charge in [-0.15, -0.1) is 0 Å². The Morgan fingerprint density at radius 2 is 1.52 bits per heavy atom. The smallest absolute Gasteiger partial charge is 0.267 e. The largest absolute Gasteiger partial charge is 0.339 e. The Morgan fingerprint density at radius 1 is 1.03 bits per heavy atom. The molecule has 0 heterocycles. The van der Waals surface area contributed by atoms with Crippen molar-refractivity contribution in [1.82, 2.24) is 10.8 Å². The van der Waals surface area contributed by atoms with Gasteiger partial charge in [-0.3, -0.25) is 14.8 Å². The number of rotatable bonds is 6. The molecule has 164 valence electrons. The van der Waals surface area contributed by atoms with E-state index < -0.39 is 32.4 Å². The van der Waals surface area contributed by atoms with Crippen LogP contribution in [0.3, 0.4) is 0 Å². The highest BCUT2D eigenvalue weighted by molar-refractivity contribution is 7.92. The number of amides is 2. The first kappa shape index (κ1) is 24.1. The van der Waals surface area contributed by atoms with Crippen molar-refractivity contribution in [3.8, 4) is 11.8 Å². The van der Waals surface area contributed by atoms with Gasteiger partial charge in [0.05, 0.1) is 4.75 Å². The predicted octanol–water partition coefficient (Wildman–Crippen LogP) is 0.972. The fraction of sp³-hybridized carbons (Fsp3) is 0.273. The third-order valence-corrected chi connectivity index (χ3v) is 7.13. The van der Waals surface area contributed by atoms with Crippen molar-refractivity contribution >= 4 is 21.7 Å². The van der Waals surface area contributed by atoms with Crippen LogP contribution in [0.1, 0.15) is 40.9 Å². The van der Waals surface area contributed by atoms with Crippen molar-refractivity contribution in [2.24, 2.45) is 5.73 Å². The van der Waals surface area contributed by atoms with Crippen LogP contribution in [0.25, 0.3) is 0 Å². The summed E-state index contributed by atoms with van der Waals surface area (Å²) in [6.45, 7) is 3.04. The van der Waals surface area contributed by atoms with Gasteiger partial charge in [0.15, 0.2) is 9.84 Å². The Kier molecular flexibility index (Phi) is 7.57. The molecular formula is C22H25N3O5S. The van der Waals surface area contributed by atoms with Crippen LogP contribution in [0, 0.1) is 11.8 Å². The Balaban J connectivity index is 2.18. The van der Waals surface area contributed by atoms with Crippen LogP contribution >= 0.6 is 0 Å². The standard InChI is InChI=1S/C22H25N3O5S/c1-22(2,31(3,29)30)19(21(27)25-28)24-20(26)18-12-10-16(11-13-18)5-4-15-6-8-17(14-23)9-7-15/h6-13,19,28H,14,23H2,1-3H3,(H,24,26)(H,25,27). The summed E-state index contributed by atoms with van der Waals surface area (Å²) in [5.74, 6) is 4.30. The van der Waals surface area contributed by atoms with Crippen LogP contribution in [0.15, 0.2) is 48.5 Å². The minimum absolute atomic E-state index is 0.206. The van der Waals surface area contributed by atoms with Gasteiger partial charge in [-0.25, -0.2) is 13.9 Å². The average molecular weight is 444 g/mol. The Hall–Kier alpha value is -3.19. The lowest BCUT2D eigenvalue weighted by atomic mass is 10.0. The number of benzene rings is 2. The topological polar surface area (TPSA) is 139 Å². The normalized spacial score (nSPS) is 12.3. The van der Waals surface area contributed by atoms with Gasteiger partial charge in [-0.2, -0.15) is 0 Å². The number of nitrogens with one attached hydrogen (secondary N) is 2. The van der Waals surface area contributed by atoms with Crippen molar-refractivity contribution in [1.29, 1.82) is 0 Å². The molecule has 0 aliphatic carbocycles. The summed E-state index contributed by atoms with van der Waals surface area (Å²) < 4.78 is 22.5. The van der Waals surface area contributed by atoms with Gasteiger partial charge in [0.1, 0.15) is 6.04 Å². The number of hydrogen-bond acceptors (Lipinski definition) is 6. The molecule has 0 radical (unpaired) electrons. The van der Waals surface area contributed by atoms with Gasteiger partial charge < -0.3 is 11.1 Å². The zero-order chi connectivity index (χ0) is 23.2. The highest BCUT2D eigenvalue weighted by Crippen LogP contribution is 2.21. The molecule has 2 rings (SSSR count). The number of nitrogens with two attached hydrogens (primary N) is 1. The summed E-state index contributed by atoms with van der Waals surface area (Å²) in [5.41, 5.74) is 9.68. The van der Waals surface area contributed by atoms with Crippen molar-refractivity contribution in [2.45, 2.75) is 31.2 Å². The molecule has 0 spiro atoms. The lowest BCUT2D eigenvalue weighted by Crippen LogP contribution is -2.60. The van der Waals surface area contributed by atoms with E-state index in [1.54, 1.807) is 12.1 Å². The molecule has 0 aliphatic heterocycles. The molecule has 2 aromatic carbocycles. The first-order valence-electron chi connectivity index (χ1n) is 9.35. The predicted molar refractivity (Wildman–Crippen MR) is 117 cm³/mol. The van der Waals surface area contributed by atoms with Crippen molar-refractivity contribution < 1.29 is 23.2 Å². The molecule has 8 nitrogen and oxygen atoms in total. The fourth-order valence-electron chi connectivity index (χ4n) is 2.62. The Labute approximate surface area is 181 Å². The molecular weight excluding hydrogens is 418 g/mol. The summed E-state index contributed by atoms with van der Waals surface area (Å²) in [4.78, 5) is 24.6. The zero-order valence-electron chi connectivity index (χ0n) is 17.5. The van der Waals surface area contributed by atoms with E-state index in [-0.39, 0.29) is 5.56 Å². The number of carbonyl (C=O) groups excluding carboxylic acids is 2. The lowest BCUT2D eigenvalue weighted by Gasteiger charge is -2.31. The second-order valence-corrected chi connectivity index (χ2v) is 10.1. The average Bonchev–Trinajstić information content (AvgIpc) is 2.75. The van der Waals surface area contributed by atoms with E-state index in [9.17, 15) is 18.0 Å². The molecule has 0 saturated heterocycles. The minimum atomic E-state index is -3.74. The molecule has 2 amide bonds. The minimum Gasteiger partial charge on any atom is -0.339 e. The number of hydrogen-bond donors (Lipinski definition) is 4. The van der Waals surface area contributed by atoms with E-state index in [2.05, 4.69) is 17.2 Å². The Bertz CT molecular complexity index is 1110. The number of carbonyl (C=O) groups is 2. The molecule has 1 unspecified atom stereocenters. The van der Waals surface area contributed by atoms with Gasteiger partial charge in [0, 0.05) is 29.5 Å². The van der Waals surface area contributed by atoms with E-state index in [0.717, 1.165) is 17.4 Å². The van der Waals surface area contributed by atoms with Gasteiger partial charge in [0.2, 0.25) is 0 Å². The first-order valence-corrected chi connectivity index (χ1v) is 11.2. The quantitative estimate of drug-likeness (QED) is 0.298. The van der Waals surface area contributed by atoms with Crippen molar-refractivity contribution in [3.63, 3.8) is 0 Å². The maximum atomic E-state index is 12.6. The first-order chi connectivity index (χ1) is 14.5. The lowest BCUT2D eigenvalue weighted by molar-refractivity contribution is -0.131. The molecule has 0 aliphatic rings. The summed E-state index contributed by atoms with van der Waals surface area (Å²) in [6.07, 6.45) is 0.952. The van der Waals surface area contributed by atoms with Crippen LogP contribution in [0.4, 0.5) is 0 Å². The SMILES string of the molecule is CC(C)(C(NC(=O)c1ccc(C#Cc2ccc(CN)cc2)cc1)C(=O)NO)S(C)(=O)=O. The summed E-state index contributed by atoms with van der Waals surface area (Å²) in [7, 11) is -3.74. The van der Waals surface area contributed by atoms with Crippen LogP contribution in [-0.4, -0.2) is 42.5 Å².